The van der Waals surface area contributed by atoms with Crippen molar-refractivity contribution >= 4 is 34.1 Å². The SMILES string of the molecule is COc1ccc2[nH]c3c(c2c1)CCNC3(C(=O)Nc1ccc(Cl)cc1)C(F)(F)F. The molecule has 1 unspecified atom stereocenters. The molecule has 1 amide bonds. The number of nitrogens with one attached hydrogen (secondary N) is 3. The second-order valence-electron chi connectivity index (χ2n) is 6.78. The predicted octanol–water partition coefficient (Wildman–Crippen LogP) is 4.37. The van der Waals surface area contributed by atoms with E-state index in [0.717, 1.165) is 0 Å². The predicted molar refractivity (Wildman–Crippen MR) is 104 cm³/mol. The van der Waals surface area contributed by atoms with E-state index in [1.165, 1.54) is 31.4 Å². The second kappa shape index (κ2) is 6.96. The Bertz CT molecular complexity index is 1080. The number of alkyl halides is 3. The van der Waals surface area contributed by atoms with Crippen LogP contribution in [-0.2, 0) is 16.8 Å². The van der Waals surface area contributed by atoms with Gasteiger partial charge >= 0.3 is 6.18 Å². The van der Waals surface area contributed by atoms with Gasteiger partial charge in [-0.1, -0.05) is 11.6 Å². The maximum Gasteiger partial charge on any atom is 0.421 e. The number of anilines is 1. The Kier molecular flexibility index (Phi) is 4.71. The van der Waals surface area contributed by atoms with Crippen molar-refractivity contribution in [2.75, 3.05) is 19.0 Å². The Hall–Kier alpha value is -2.71. The zero-order chi connectivity index (χ0) is 20.8. The molecule has 0 aliphatic carbocycles. The fraction of sp³-hybridized carbons (Fsp3) is 0.250. The molecule has 0 saturated heterocycles. The number of H-pyrrole nitrogens is 1. The Morgan fingerprint density at radius 1 is 1.21 bits per heavy atom. The van der Waals surface area contributed by atoms with E-state index in [0.29, 0.717) is 33.7 Å². The molecule has 0 radical (unpaired) electrons. The van der Waals surface area contributed by atoms with Gasteiger partial charge in [-0.05, 0) is 54.4 Å². The molecule has 0 saturated carbocycles. The standard InChI is InChI=1S/C20H17ClF3N3O2/c1-29-13-6-7-16-15(10-13)14-8-9-25-19(17(14)27-16,20(22,23)24)18(28)26-12-4-2-11(21)3-5-12/h2-7,10,25,27H,8-9H2,1H3,(H,26,28). The van der Waals surface area contributed by atoms with Gasteiger partial charge in [-0.15, -0.1) is 0 Å². The van der Waals surface area contributed by atoms with Crippen LogP contribution in [0.25, 0.3) is 10.9 Å². The summed E-state index contributed by atoms with van der Waals surface area (Å²) in [6.45, 7) is -0.00922. The molecule has 0 spiro atoms. The molecule has 1 aliphatic rings. The lowest BCUT2D eigenvalue weighted by atomic mass is 9.85. The molecule has 29 heavy (non-hydrogen) atoms. The Morgan fingerprint density at radius 2 is 1.93 bits per heavy atom. The molecule has 1 aromatic heterocycles. The van der Waals surface area contributed by atoms with Crippen LogP contribution in [0.4, 0.5) is 18.9 Å². The number of amides is 1. The molecule has 152 valence electrons. The van der Waals surface area contributed by atoms with Crippen LogP contribution in [0.2, 0.25) is 5.02 Å². The number of aromatic amines is 1. The summed E-state index contributed by atoms with van der Waals surface area (Å²) in [7, 11) is 1.49. The Balaban J connectivity index is 1.86. The zero-order valence-corrected chi connectivity index (χ0v) is 16.0. The van der Waals surface area contributed by atoms with Crippen molar-refractivity contribution in [2.24, 2.45) is 0 Å². The van der Waals surface area contributed by atoms with Crippen molar-refractivity contribution in [2.45, 2.75) is 18.1 Å². The topological polar surface area (TPSA) is 66.1 Å². The number of ether oxygens (including phenoxy) is 1. The molecule has 4 rings (SSSR count). The number of carbonyl (C=O) groups excluding carboxylic acids is 1. The maximum absolute atomic E-state index is 14.4. The van der Waals surface area contributed by atoms with Crippen LogP contribution in [0.15, 0.2) is 42.5 Å². The fourth-order valence-electron chi connectivity index (χ4n) is 3.72. The van der Waals surface area contributed by atoms with Gasteiger partial charge in [-0.2, -0.15) is 13.2 Å². The minimum Gasteiger partial charge on any atom is -0.497 e. The molecule has 0 fully saturated rings. The Morgan fingerprint density at radius 3 is 2.59 bits per heavy atom. The van der Waals surface area contributed by atoms with Crippen molar-refractivity contribution in [1.29, 1.82) is 0 Å². The average Bonchev–Trinajstić information content (AvgIpc) is 3.06. The summed E-state index contributed by atoms with van der Waals surface area (Å²) in [5.41, 5.74) is -1.94. The first kappa shape index (κ1) is 19.6. The van der Waals surface area contributed by atoms with Crippen molar-refractivity contribution in [3.8, 4) is 5.75 Å². The summed E-state index contributed by atoms with van der Waals surface area (Å²) >= 11 is 5.81. The van der Waals surface area contributed by atoms with Crippen LogP contribution in [0.3, 0.4) is 0 Å². The third-order valence-corrected chi connectivity index (χ3v) is 5.37. The summed E-state index contributed by atoms with van der Waals surface area (Å²) in [5.74, 6) is -0.687. The zero-order valence-electron chi connectivity index (χ0n) is 15.3. The highest BCUT2D eigenvalue weighted by atomic mass is 35.5. The number of carbonyl (C=O) groups is 1. The molecule has 0 bridgehead atoms. The summed E-state index contributed by atoms with van der Waals surface area (Å²) in [5, 5.41) is 5.81. The first-order valence-electron chi connectivity index (χ1n) is 8.84. The van der Waals surface area contributed by atoms with E-state index in [-0.39, 0.29) is 17.9 Å². The summed E-state index contributed by atoms with van der Waals surface area (Å²) in [6, 6.07) is 10.9. The molecular formula is C20H17ClF3N3O2. The lowest BCUT2D eigenvalue weighted by Gasteiger charge is -2.38. The van der Waals surface area contributed by atoms with Gasteiger partial charge in [0.15, 0.2) is 0 Å². The molecule has 3 N–H and O–H groups in total. The molecule has 3 aromatic rings. The average molecular weight is 424 g/mol. The molecule has 1 atom stereocenters. The lowest BCUT2D eigenvalue weighted by molar-refractivity contribution is -0.202. The quantitative estimate of drug-likeness (QED) is 0.586. The highest BCUT2D eigenvalue weighted by molar-refractivity contribution is 6.30. The third kappa shape index (κ3) is 3.12. The normalized spacial score (nSPS) is 19.1. The van der Waals surface area contributed by atoms with Gasteiger partial charge in [0.1, 0.15) is 5.75 Å². The van der Waals surface area contributed by atoms with E-state index in [2.05, 4.69) is 15.6 Å². The Labute approximate surface area is 169 Å². The van der Waals surface area contributed by atoms with Crippen molar-refractivity contribution in [3.63, 3.8) is 0 Å². The van der Waals surface area contributed by atoms with Gasteiger partial charge in [0, 0.05) is 28.2 Å². The number of fused-ring (bicyclic) bond motifs is 3. The molecule has 2 aromatic carbocycles. The van der Waals surface area contributed by atoms with Gasteiger partial charge in [-0.3, -0.25) is 10.1 Å². The number of rotatable bonds is 3. The molecule has 2 heterocycles. The van der Waals surface area contributed by atoms with E-state index in [4.69, 9.17) is 16.3 Å². The molecule has 9 heteroatoms. The number of aromatic nitrogens is 1. The van der Waals surface area contributed by atoms with Crippen molar-refractivity contribution in [1.82, 2.24) is 10.3 Å². The number of hydrogen-bond donors (Lipinski definition) is 3. The van der Waals surface area contributed by atoms with Gasteiger partial charge < -0.3 is 15.0 Å². The fourth-order valence-corrected chi connectivity index (χ4v) is 3.85. The first-order valence-corrected chi connectivity index (χ1v) is 9.22. The van der Waals surface area contributed by atoms with Crippen LogP contribution < -0.4 is 15.4 Å². The van der Waals surface area contributed by atoms with E-state index in [1.54, 1.807) is 18.2 Å². The van der Waals surface area contributed by atoms with Crippen molar-refractivity contribution < 1.29 is 22.7 Å². The monoisotopic (exact) mass is 423 g/mol. The number of hydrogen-bond acceptors (Lipinski definition) is 3. The molecule has 1 aliphatic heterocycles. The number of benzene rings is 2. The summed E-state index contributed by atoms with van der Waals surface area (Å²) in [4.78, 5) is 15.8. The second-order valence-corrected chi connectivity index (χ2v) is 7.21. The van der Waals surface area contributed by atoms with E-state index in [9.17, 15) is 18.0 Å². The van der Waals surface area contributed by atoms with Crippen molar-refractivity contribution in [3.05, 3.63) is 58.7 Å². The number of halogens is 4. The molecular weight excluding hydrogens is 407 g/mol. The van der Waals surface area contributed by atoms with Gasteiger partial charge in [0.2, 0.25) is 5.54 Å². The number of methoxy groups -OCH3 is 1. The third-order valence-electron chi connectivity index (χ3n) is 5.12. The largest absolute Gasteiger partial charge is 0.497 e. The highest BCUT2D eigenvalue weighted by Crippen LogP contribution is 2.45. The first-order chi connectivity index (χ1) is 13.8. The molecule has 5 nitrogen and oxygen atoms in total. The van der Waals surface area contributed by atoms with Gasteiger partial charge in [-0.25, -0.2) is 0 Å². The summed E-state index contributed by atoms with van der Waals surface area (Å²) < 4.78 is 48.3. The van der Waals surface area contributed by atoms with E-state index in [1.807, 2.05) is 0 Å². The smallest absolute Gasteiger partial charge is 0.421 e. The van der Waals surface area contributed by atoms with Crippen LogP contribution in [0.5, 0.6) is 5.75 Å². The maximum atomic E-state index is 14.4. The van der Waals surface area contributed by atoms with Gasteiger partial charge in [0.25, 0.3) is 5.91 Å². The lowest BCUT2D eigenvalue weighted by Crippen LogP contribution is -2.64. The highest BCUT2D eigenvalue weighted by Gasteiger charge is 2.64. The van der Waals surface area contributed by atoms with Gasteiger partial charge in [0.05, 0.1) is 12.8 Å². The van der Waals surface area contributed by atoms with E-state index < -0.39 is 17.6 Å². The van der Waals surface area contributed by atoms with E-state index >= 15 is 0 Å². The minimum absolute atomic E-state index is 0.00922. The minimum atomic E-state index is -4.89. The van der Waals surface area contributed by atoms with Crippen LogP contribution >= 0.6 is 11.6 Å². The van der Waals surface area contributed by atoms with Crippen LogP contribution in [0.1, 0.15) is 11.3 Å². The van der Waals surface area contributed by atoms with Crippen LogP contribution in [0, 0.1) is 0 Å². The van der Waals surface area contributed by atoms with Crippen LogP contribution in [-0.4, -0.2) is 30.7 Å². The summed E-state index contributed by atoms with van der Waals surface area (Å²) in [6.07, 6.45) is -4.54.